The van der Waals surface area contributed by atoms with E-state index in [2.05, 4.69) is 4.84 Å². The van der Waals surface area contributed by atoms with Gasteiger partial charge in [-0.3, -0.25) is 0 Å². The van der Waals surface area contributed by atoms with E-state index in [1.807, 2.05) is 0 Å². The van der Waals surface area contributed by atoms with E-state index < -0.39 is 30.0 Å². The number of nitrogens with zero attached hydrogens (tertiary/aromatic N) is 1. The number of hydrogen-bond acceptors (Lipinski definition) is 4. The van der Waals surface area contributed by atoms with Crippen LogP contribution in [0.1, 0.15) is 5.56 Å². The molecule has 0 saturated carbocycles. The molecule has 1 aliphatic heterocycles. The third-order valence-corrected chi connectivity index (χ3v) is 3.11. The summed E-state index contributed by atoms with van der Waals surface area (Å²) in [6.45, 7) is -0.335. The molecular weight excluding hydrogens is 356 g/mol. The summed E-state index contributed by atoms with van der Waals surface area (Å²) in [5.74, 6) is -2.41. The molecule has 0 unspecified atom stereocenters. The van der Waals surface area contributed by atoms with Crippen molar-refractivity contribution in [3.63, 3.8) is 0 Å². The Labute approximate surface area is 130 Å². The van der Waals surface area contributed by atoms with Crippen LogP contribution in [0.15, 0.2) is 18.2 Å². The van der Waals surface area contributed by atoms with Gasteiger partial charge in [0.25, 0.3) is 0 Å². The highest BCUT2D eigenvalue weighted by Crippen LogP contribution is 2.35. The Morgan fingerprint density at radius 3 is 2.26 bits per heavy atom. The lowest BCUT2D eigenvalue weighted by Crippen LogP contribution is -2.55. The Morgan fingerprint density at radius 1 is 1.17 bits per heavy atom. The molecule has 128 valence electrons. The van der Waals surface area contributed by atoms with Crippen LogP contribution >= 0.6 is 11.6 Å². The fraction of sp³-hybridized carbons (Fsp3) is 0.417. The van der Waals surface area contributed by atoms with Gasteiger partial charge in [-0.2, -0.15) is 26.3 Å². The van der Waals surface area contributed by atoms with Gasteiger partial charge in [0.05, 0.1) is 23.7 Å². The number of alkyl halides is 6. The Morgan fingerprint density at radius 2 is 1.78 bits per heavy atom. The molecule has 0 aromatic heterocycles. The maximum Gasteiger partial charge on any atom is 0.492 e. The van der Waals surface area contributed by atoms with Gasteiger partial charge in [0, 0.05) is 0 Å². The molecule has 0 N–H and O–H groups in total. The normalized spacial score (nSPS) is 16.8. The fourth-order valence-electron chi connectivity index (χ4n) is 1.67. The first-order valence-electron chi connectivity index (χ1n) is 6.04. The summed E-state index contributed by atoms with van der Waals surface area (Å²) in [7, 11) is 0. The third-order valence-electron chi connectivity index (χ3n) is 2.81. The van der Waals surface area contributed by atoms with Gasteiger partial charge in [0.15, 0.2) is 0 Å². The molecule has 1 heterocycles. The summed E-state index contributed by atoms with van der Waals surface area (Å²) in [6.07, 6.45) is -10.3. The summed E-state index contributed by atoms with van der Waals surface area (Å²) < 4.78 is 78.5. The Kier molecular flexibility index (Phi) is 4.67. The molecule has 0 radical (unpaired) electrons. The summed E-state index contributed by atoms with van der Waals surface area (Å²) in [6, 6.07) is 2.45. The predicted molar refractivity (Wildman–Crippen MR) is 64.6 cm³/mol. The fourth-order valence-corrected chi connectivity index (χ4v) is 1.90. The monoisotopic (exact) mass is 363 g/mol. The van der Waals surface area contributed by atoms with Gasteiger partial charge in [0.2, 0.25) is 0 Å². The molecular formula is C12H8ClF6NO3. The van der Waals surface area contributed by atoms with Crippen molar-refractivity contribution in [3.8, 4) is 5.75 Å². The highest BCUT2D eigenvalue weighted by molar-refractivity contribution is 6.32. The van der Waals surface area contributed by atoms with Gasteiger partial charge in [-0.05, 0) is 18.2 Å². The van der Waals surface area contributed by atoms with E-state index in [1.165, 1.54) is 0 Å². The molecule has 23 heavy (non-hydrogen) atoms. The van der Waals surface area contributed by atoms with E-state index in [-0.39, 0.29) is 23.9 Å². The van der Waals surface area contributed by atoms with E-state index in [9.17, 15) is 31.1 Å². The van der Waals surface area contributed by atoms with Gasteiger partial charge in [0.1, 0.15) is 11.9 Å². The Balaban J connectivity index is 1.88. The van der Waals surface area contributed by atoms with Crippen molar-refractivity contribution in [2.45, 2.75) is 18.5 Å². The summed E-state index contributed by atoms with van der Waals surface area (Å²) in [4.78, 5) is 14.6. The molecule has 0 atom stereocenters. The summed E-state index contributed by atoms with van der Waals surface area (Å²) in [5, 5.41) is 0.434. The van der Waals surface area contributed by atoms with E-state index in [1.54, 1.807) is 0 Å². The average molecular weight is 364 g/mol. The lowest BCUT2D eigenvalue weighted by molar-refractivity contribution is -0.262. The zero-order chi connectivity index (χ0) is 17.4. The molecule has 4 nitrogen and oxygen atoms in total. The largest absolute Gasteiger partial charge is 0.492 e. The molecule has 0 amide bonds. The number of hydroxylamine groups is 2. The number of rotatable bonds is 3. The molecule has 0 aliphatic carbocycles. The number of ether oxygens (including phenoxy) is 1. The quantitative estimate of drug-likeness (QED) is 0.771. The molecule has 1 fully saturated rings. The summed E-state index contributed by atoms with van der Waals surface area (Å²) >= 11 is 5.67. The lowest BCUT2D eigenvalue weighted by atomic mass is 10.2. The highest BCUT2D eigenvalue weighted by atomic mass is 35.5. The van der Waals surface area contributed by atoms with Crippen LogP contribution < -0.4 is 4.74 Å². The first kappa shape index (κ1) is 17.7. The van der Waals surface area contributed by atoms with Crippen LogP contribution in [0.25, 0.3) is 0 Å². The van der Waals surface area contributed by atoms with Crippen molar-refractivity contribution in [1.82, 2.24) is 5.06 Å². The van der Waals surface area contributed by atoms with Gasteiger partial charge < -0.3 is 9.57 Å². The zero-order valence-corrected chi connectivity index (χ0v) is 11.8. The maximum absolute atomic E-state index is 12.5. The van der Waals surface area contributed by atoms with Gasteiger partial charge in [-0.25, -0.2) is 4.79 Å². The van der Waals surface area contributed by atoms with Gasteiger partial charge >= 0.3 is 18.3 Å². The van der Waals surface area contributed by atoms with Gasteiger partial charge in [-0.15, -0.1) is 5.06 Å². The Hall–Kier alpha value is -1.68. The minimum Gasteiger partial charge on any atom is -0.486 e. The molecule has 0 bridgehead atoms. The topological polar surface area (TPSA) is 38.8 Å². The van der Waals surface area contributed by atoms with Crippen LogP contribution in [0.5, 0.6) is 5.75 Å². The highest BCUT2D eigenvalue weighted by Gasteiger charge is 2.44. The first-order valence-corrected chi connectivity index (χ1v) is 6.42. The molecule has 1 aliphatic rings. The van der Waals surface area contributed by atoms with Crippen molar-refractivity contribution < 1.29 is 40.7 Å². The second-order valence-electron chi connectivity index (χ2n) is 4.61. The zero-order valence-electron chi connectivity index (χ0n) is 11.0. The second kappa shape index (κ2) is 6.08. The van der Waals surface area contributed by atoms with E-state index in [0.29, 0.717) is 6.07 Å². The van der Waals surface area contributed by atoms with Crippen LogP contribution in [0.2, 0.25) is 5.02 Å². The number of halogens is 7. The van der Waals surface area contributed by atoms with Crippen molar-refractivity contribution in [3.05, 3.63) is 28.8 Å². The first-order chi connectivity index (χ1) is 10.5. The maximum atomic E-state index is 12.5. The van der Waals surface area contributed by atoms with Crippen molar-refractivity contribution >= 4 is 17.6 Å². The number of carbonyl (C=O) groups is 1. The molecule has 0 spiro atoms. The Bertz CT molecular complexity index is 597. The van der Waals surface area contributed by atoms with Crippen molar-refractivity contribution in [2.24, 2.45) is 0 Å². The molecule has 11 heteroatoms. The number of benzene rings is 1. The minimum atomic E-state index is -5.11. The SMILES string of the molecule is O=C(ON1CC(Oc2ccc(C(F)(F)F)cc2Cl)C1)C(F)(F)F. The van der Waals surface area contributed by atoms with Crippen LogP contribution in [-0.4, -0.2) is 36.4 Å². The standard InChI is InChI=1S/C12H8ClF6NO3/c13-8-3-6(11(14,15)16)1-2-9(8)22-7-4-20(5-7)23-10(21)12(17,18)19/h1-3,7H,4-5H2. The van der Waals surface area contributed by atoms with Crippen molar-refractivity contribution in [1.29, 1.82) is 0 Å². The average Bonchev–Trinajstić information content (AvgIpc) is 2.35. The van der Waals surface area contributed by atoms with Crippen LogP contribution in [0, 0.1) is 0 Å². The van der Waals surface area contributed by atoms with E-state index in [4.69, 9.17) is 16.3 Å². The smallest absolute Gasteiger partial charge is 0.486 e. The van der Waals surface area contributed by atoms with E-state index in [0.717, 1.165) is 17.2 Å². The third kappa shape index (κ3) is 4.41. The molecule has 1 aromatic carbocycles. The number of carbonyl (C=O) groups excluding carboxylic acids is 1. The van der Waals surface area contributed by atoms with Crippen LogP contribution in [-0.2, 0) is 15.8 Å². The number of hydrogen-bond donors (Lipinski definition) is 0. The minimum absolute atomic E-state index is 0.0496. The van der Waals surface area contributed by atoms with Crippen LogP contribution in [0.3, 0.4) is 0 Å². The molecule has 2 rings (SSSR count). The van der Waals surface area contributed by atoms with Crippen molar-refractivity contribution in [2.75, 3.05) is 13.1 Å². The van der Waals surface area contributed by atoms with Crippen LogP contribution in [0.4, 0.5) is 26.3 Å². The predicted octanol–water partition coefficient (Wildman–Crippen LogP) is 3.44. The molecule has 1 saturated heterocycles. The van der Waals surface area contributed by atoms with E-state index >= 15 is 0 Å². The lowest BCUT2D eigenvalue weighted by Gasteiger charge is -2.36. The second-order valence-corrected chi connectivity index (χ2v) is 5.01. The van der Waals surface area contributed by atoms with Gasteiger partial charge in [-0.1, -0.05) is 11.6 Å². The summed E-state index contributed by atoms with van der Waals surface area (Å²) in [5.41, 5.74) is -0.954. The molecule has 1 aromatic rings.